The molecule has 0 radical (unpaired) electrons. The third-order valence-corrected chi connectivity index (χ3v) is 2.67. The van der Waals surface area contributed by atoms with Gasteiger partial charge in [-0.3, -0.25) is 0 Å². The van der Waals surface area contributed by atoms with Crippen molar-refractivity contribution in [3.05, 3.63) is 29.2 Å². The van der Waals surface area contributed by atoms with Crippen LogP contribution in [0.3, 0.4) is 0 Å². The van der Waals surface area contributed by atoms with Gasteiger partial charge in [0.1, 0.15) is 0 Å². The number of anilines is 1. The molecule has 0 bridgehead atoms. The summed E-state index contributed by atoms with van der Waals surface area (Å²) < 4.78 is 4.92. The van der Waals surface area contributed by atoms with Crippen molar-refractivity contribution >= 4 is 5.95 Å². The van der Waals surface area contributed by atoms with Crippen LogP contribution in [0, 0.1) is 13.8 Å². The summed E-state index contributed by atoms with van der Waals surface area (Å²) in [4.78, 5) is 13.0. The van der Waals surface area contributed by atoms with Crippen LogP contribution in [0.5, 0.6) is 0 Å². The molecular weight excluding hydrogens is 242 g/mol. The van der Waals surface area contributed by atoms with Crippen molar-refractivity contribution < 1.29 is 4.52 Å². The lowest BCUT2D eigenvalue weighted by atomic mass is 10.1. The first-order valence-corrected chi connectivity index (χ1v) is 6.43. The Balaban J connectivity index is 1.95. The molecule has 0 aromatic carbocycles. The second-order valence-electron chi connectivity index (χ2n) is 4.82. The van der Waals surface area contributed by atoms with E-state index in [1.54, 1.807) is 6.92 Å². The molecule has 0 aliphatic rings. The van der Waals surface area contributed by atoms with E-state index in [4.69, 9.17) is 4.52 Å². The molecule has 102 valence electrons. The first-order valence-electron chi connectivity index (χ1n) is 6.43. The van der Waals surface area contributed by atoms with Crippen LogP contribution in [0.25, 0.3) is 0 Å². The van der Waals surface area contributed by atoms with Crippen LogP contribution in [0.15, 0.2) is 10.6 Å². The molecule has 0 saturated heterocycles. The first kappa shape index (κ1) is 13.5. The predicted molar refractivity (Wildman–Crippen MR) is 72.1 cm³/mol. The number of hydrogen-bond donors (Lipinski definition) is 1. The fourth-order valence-corrected chi connectivity index (χ4v) is 1.70. The average Bonchev–Trinajstić information content (AvgIpc) is 2.74. The molecule has 2 heterocycles. The zero-order valence-corrected chi connectivity index (χ0v) is 11.8. The molecule has 6 nitrogen and oxygen atoms in total. The maximum absolute atomic E-state index is 4.92. The van der Waals surface area contributed by atoms with Crippen molar-refractivity contribution in [2.75, 3.05) is 11.9 Å². The van der Waals surface area contributed by atoms with Gasteiger partial charge in [0.15, 0.2) is 5.82 Å². The van der Waals surface area contributed by atoms with Gasteiger partial charge in [0.25, 0.3) is 0 Å². The van der Waals surface area contributed by atoms with E-state index >= 15 is 0 Å². The van der Waals surface area contributed by atoms with Crippen LogP contribution in [0.2, 0.25) is 0 Å². The minimum Gasteiger partial charge on any atom is -0.354 e. The summed E-state index contributed by atoms with van der Waals surface area (Å²) in [6, 6.07) is 2.01. The van der Waals surface area contributed by atoms with Crippen molar-refractivity contribution in [1.82, 2.24) is 20.1 Å². The van der Waals surface area contributed by atoms with Crippen LogP contribution in [-0.2, 0) is 6.42 Å². The fraction of sp³-hybridized carbons (Fsp3) is 0.538. The predicted octanol–water partition coefficient (Wildman–Crippen LogP) is 2.25. The standard InChI is InChI=1S/C13H19N5O/c1-8(2)11-7-9(3)15-13(17-11)14-6-5-12-16-10(4)19-18-12/h7-8H,5-6H2,1-4H3,(H,14,15,17). The highest BCUT2D eigenvalue weighted by Gasteiger charge is 2.06. The third-order valence-electron chi connectivity index (χ3n) is 2.67. The Hall–Kier alpha value is -1.98. The van der Waals surface area contributed by atoms with Gasteiger partial charge >= 0.3 is 0 Å². The molecule has 1 N–H and O–H groups in total. The van der Waals surface area contributed by atoms with Crippen molar-refractivity contribution in [3.8, 4) is 0 Å². The number of rotatable bonds is 5. The van der Waals surface area contributed by atoms with E-state index in [0.29, 0.717) is 36.5 Å². The topological polar surface area (TPSA) is 76.7 Å². The molecule has 0 spiro atoms. The van der Waals surface area contributed by atoms with E-state index in [0.717, 1.165) is 11.4 Å². The summed E-state index contributed by atoms with van der Waals surface area (Å²) in [6.07, 6.45) is 0.686. The SMILES string of the molecule is Cc1cc(C(C)C)nc(NCCc2noc(C)n2)n1. The number of aryl methyl sites for hydroxylation is 2. The monoisotopic (exact) mass is 261 g/mol. The van der Waals surface area contributed by atoms with Gasteiger partial charge in [-0.05, 0) is 18.9 Å². The van der Waals surface area contributed by atoms with Crippen LogP contribution in [0.4, 0.5) is 5.95 Å². The molecule has 19 heavy (non-hydrogen) atoms. The second kappa shape index (κ2) is 5.77. The summed E-state index contributed by atoms with van der Waals surface area (Å²) in [5.41, 5.74) is 2.02. The summed E-state index contributed by atoms with van der Waals surface area (Å²) >= 11 is 0. The Labute approximate surface area is 112 Å². The van der Waals surface area contributed by atoms with Gasteiger partial charge in [-0.2, -0.15) is 4.98 Å². The highest BCUT2D eigenvalue weighted by atomic mass is 16.5. The number of aromatic nitrogens is 4. The van der Waals surface area contributed by atoms with E-state index < -0.39 is 0 Å². The van der Waals surface area contributed by atoms with Crippen molar-refractivity contribution in [1.29, 1.82) is 0 Å². The molecule has 2 aromatic rings. The molecule has 0 atom stereocenters. The highest BCUT2D eigenvalue weighted by molar-refractivity contribution is 5.29. The van der Waals surface area contributed by atoms with Gasteiger partial charge in [0.2, 0.25) is 11.8 Å². The summed E-state index contributed by atoms with van der Waals surface area (Å²) in [6.45, 7) is 8.67. The Morgan fingerprint density at radius 1 is 1.21 bits per heavy atom. The molecule has 2 rings (SSSR count). The van der Waals surface area contributed by atoms with Crippen molar-refractivity contribution in [2.24, 2.45) is 0 Å². The zero-order chi connectivity index (χ0) is 13.8. The molecule has 0 amide bonds. The van der Waals surface area contributed by atoms with Crippen LogP contribution >= 0.6 is 0 Å². The fourth-order valence-electron chi connectivity index (χ4n) is 1.70. The van der Waals surface area contributed by atoms with Gasteiger partial charge in [-0.25, -0.2) is 9.97 Å². The van der Waals surface area contributed by atoms with Gasteiger partial charge in [-0.1, -0.05) is 19.0 Å². The molecule has 0 aliphatic carbocycles. The third kappa shape index (κ3) is 3.74. The maximum Gasteiger partial charge on any atom is 0.223 e. The van der Waals surface area contributed by atoms with E-state index in [2.05, 4.69) is 39.3 Å². The second-order valence-corrected chi connectivity index (χ2v) is 4.82. The Bertz CT molecular complexity index is 550. The smallest absolute Gasteiger partial charge is 0.223 e. The van der Waals surface area contributed by atoms with E-state index in [1.165, 1.54) is 0 Å². The van der Waals surface area contributed by atoms with E-state index in [-0.39, 0.29) is 0 Å². The largest absolute Gasteiger partial charge is 0.354 e. The molecule has 0 fully saturated rings. The minimum atomic E-state index is 0.391. The molecule has 0 aliphatic heterocycles. The lowest BCUT2D eigenvalue weighted by Crippen LogP contribution is -2.10. The summed E-state index contributed by atoms with van der Waals surface area (Å²) in [5, 5.41) is 7.04. The molecule has 2 aromatic heterocycles. The Morgan fingerprint density at radius 3 is 2.63 bits per heavy atom. The van der Waals surface area contributed by atoms with E-state index in [9.17, 15) is 0 Å². The molecule has 0 saturated carbocycles. The van der Waals surface area contributed by atoms with Gasteiger partial charge < -0.3 is 9.84 Å². The summed E-state index contributed by atoms with van der Waals surface area (Å²) in [5.74, 6) is 2.33. The maximum atomic E-state index is 4.92. The summed E-state index contributed by atoms with van der Waals surface area (Å²) in [7, 11) is 0. The lowest BCUT2D eigenvalue weighted by molar-refractivity contribution is 0.387. The Kier molecular flexibility index (Phi) is 4.09. The number of hydrogen-bond acceptors (Lipinski definition) is 6. The van der Waals surface area contributed by atoms with Crippen molar-refractivity contribution in [3.63, 3.8) is 0 Å². The van der Waals surface area contributed by atoms with E-state index in [1.807, 2.05) is 13.0 Å². The highest BCUT2D eigenvalue weighted by Crippen LogP contribution is 2.14. The zero-order valence-electron chi connectivity index (χ0n) is 11.8. The molecule has 6 heteroatoms. The Morgan fingerprint density at radius 2 is 2.00 bits per heavy atom. The first-order chi connectivity index (χ1) is 9.04. The number of nitrogens with zero attached hydrogens (tertiary/aromatic N) is 4. The normalized spacial score (nSPS) is 11.0. The van der Waals surface area contributed by atoms with Gasteiger partial charge in [0.05, 0.1) is 0 Å². The molecular formula is C13H19N5O. The van der Waals surface area contributed by atoms with Crippen LogP contribution in [0.1, 0.15) is 42.9 Å². The number of nitrogens with one attached hydrogen (secondary N) is 1. The lowest BCUT2D eigenvalue weighted by Gasteiger charge is -2.09. The van der Waals surface area contributed by atoms with Crippen LogP contribution < -0.4 is 5.32 Å². The molecule has 0 unspecified atom stereocenters. The minimum absolute atomic E-state index is 0.391. The van der Waals surface area contributed by atoms with Gasteiger partial charge in [-0.15, -0.1) is 0 Å². The van der Waals surface area contributed by atoms with Crippen molar-refractivity contribution in [2.45, 2.75) is 40.0 Å². The average molecular weight is 261 g/mol. The van der Waals surface area contributed by atoms with Crippen LogP contribution in [-0.4, -0.2) is 26.7 Å². The quantitative estimate of drug-likeness (QED) is 0.889. The van der Waals surface area contributed by atoms with Gasteiger partial charge in [0, 0.05) is 31.3 Å².